The van der Waals surface area contributed by atoms with Crippen molar-refractivity contribution in [3.8, 4) is 0 Å². The molecular weight excluding hydrogens is 285 g/mol. The normalized spacial score (nSPS) is 12.5. The summed E-state index contributed by atoms with van der Waals surface area (Å²) in [4.78, 5) is 13.8. The predicted octanol–water partition coefficient (Wildman–Crippen LogP) is 2.47. The summed E-state index contributed by atoms with van der Waals surface area (Å²) in [6.45, 7) is 3.03. The molecule has 0 fully saturated rings. The Bertz CT molecular complexity index is 418. The minimum atomic E-state index is -0.166. The van der Waals surface area contributed by atoms with Crippen molar-refractivity contribution in [1.82, 2.24) is 10.2 Å². The minimum absolute atomic E-state index is 0.166. The Morgan fingerprint density at radius 1 is 1.32 bits per heavy atom. The number of hydrogen-bond acceptors (Lipinski definition) is 3. The van der Waals surface area contributed by atoms with Gasteiger partial charge in [-0.1, -0.05) is 29.3 Å². The number of halogens is 2. The summed E-state index contributed by atoms with van der Waals surface area (Å²) in [6, 6.07) is 5.46. The molecule has 106 valence electrons. The molecule has 1 atom stereocenters. The lowest BCUT2D eigenvalue weighted by molar-refractivity contribution is -0.115. The zero-order chi connectivity index (χ0) is 14.4. The molecule has 0 aromatic heterocycles. The first kappa shape index (κ1) is 16.2. The van der Waals surface area contributed by atoms with Gasteiger partial charge >= 0.3 is 0 Å². The smallest absolute Gasteiger partial charge is 0.238 e. The molecule has 0 bridgehead atoms. The van der Waals surface area contributed by atoms with Gasteiger partial charge in [-0.25, -0.2) is 0 Å². The number of anilines is 1. The van der Waals surface area contributed by atoms with Crippen molar-refractivity contribution in [3.63, 3.8) is 0 Å². The van der Waals surface area contributed by atoms with Gasteiger partial charge in [-0.2, -0.15) is 0 Å². The molecule has 0 spiro atoms. The van der Waals surface area contributed by atoms with Gasteiger partial charge in [-0.3, -0.25) is 4.79 Å². The molecule has 0 heterocycles. The lowest BCUT2D eigenvalue weighted by Crippen LogP contribution is -2.38. The van der Waals surface area contributed by atoms with Gasteiger partial charge in [-0.05, 0) is 33.2 Å². The Morgan fingerprint density at radius 2 is 1.89 bits per heavy atom. The number of carbonyl (C=O) groups is 1. The van der Waals surface area contributed by atoms with Crippen molar-refractivity contribution >= 4 is 34.8 Å². The monoisotopic (exact) mass is 303 g/mol. The van der Waals surface area contributed by atoms with Crippen LogP contribution in [0.15, 0.2) is 18.2 Å². The van der Waals surface area contributed by atoms with Crippen LogP contribution < -0.4 is 10.6 Å². The van der Waals surface area contributed by atoms with Crippen LogP contribution >= 0.6 is 23.2 Å². The van der Waals surface area contributed by atoms with Gasteiger partial charge in [-0.15, -0.1) is 0 Å². The maximum atomic E-state index is 11.8. The number of nitrogens with one attached hydrogen (secondary N) is 2. The highest BCUT2D eigenvalue weighted by Gasteiger charge is 2.10. The third-order valence-corrected chi connectivity index (χ3v) is 3.46. The van der Waals surface area contributed by atoms with Gasteiger partial charge < -0.3 is 15.5 Å². The molecule has 2 N–H and O–H groups in total. The number of amides is 1. The Morgan fingerprint density at radius 3 is 2.42 bits per heavy atom. The average Bonchev–Trinajstić information content (AvgIpc) is 2.33. The molecule has 19 heavy (non-hydrogen) atoms. The van der Waals surface area contributed by atoms with E-state index >= 15 is 0 Å². The van der Waals surface area contributed by atoms with Crippen LogP contribution in [0.2, 0.25) is 10.0 Å². The van der Waals surface area contributed by atoms with E-state index in [0.717, 1.165) is 6.54 Å². The summed E-state index contributed by atoms with van der Waals surface area (Å²) in [6.07, 6.45) is 0. The third-order valence-electron chi connectivity index (χ3n) is 2.83. The lowest BCUT2D eigenvalue weighted by Gasteiger charge is -2.20. The highest BCUT2D eigenvalue weighted by atomic mass is 35.5. The predicted molar refractivity (Wildman–Crippen MR) is 81.1 cm³/mol. The molecule has 1 amide bonds. The first-order valence-electron chi connectivity index (χ1n) is 6.02. The number of hydrogen-bond donors (Lipinski definition) is 2. The molecule has 1 unspecified atom stereocenters. The Kier molecular flexibility index (Phi) is 6.58. The molecule has 0 saturated heterocycles. The van der Waals surface area contributed by atoms with E-state index in [1.54, 1.807) is 18.2 Å². The summed E-state index contributed by atoms with van der Waals surface area (Å²) < 4.78 is 0. The fourth-order valence-electron chi connectivity index (χ4n) is 1.38. The van der Waals surface area contributed by atoms with Gasteiger partial charge in [0, 0.05) is 12.6 Å². The van der Waals surface area contributed by atoms with Crippen LogP contribution in [0.3, 0.4) is 0 Å². The molecule has 4 nitrogen and oxygen atoms in total. The Hall–Kier alpha value is -0.810. The molecule has 0 aliphatic heterocycles. The first-order chi connectivity index (χ1) is 8.91. The van der Waals surface area contributed by atoms with Gasteiger partial charge in [0.1, 0.15) is 0 Å². The molecule has 1 aromatic rings. The molecular formula is C13H19Cl2N3O. The summed E-state index contributed by atoms with van der Waals surface area (Å²) in [5.74, 6) is -0.166. The van der Waals surface area contributed by atoms with Gasteiger partial charge in [0.25, 0.3) is 0 Å². The van der Waals surface area contributed by atoms with Crippen LogP contribution in [0.4, 0.5) is 5.69 Å². The van der Waals surface area contributed by atoms with E-state index < -0.39 is 0 Å². The van der Waals surface area contributed by atoms with E-state index in [4.69, 9.17) is 23.2 Å². The van der Waals surface area contributed by atoms with Gasteiger partial charge in [0.15, 0.2) is 0 Å². The quantitative estimate of drug-likeness (QED) is 0.848. The highest BCUT2D eigenvalue weighted by Crippen LogP contribution is 2.29. The van der Waals surface area contributed by atoms with Gasteiger partial charge in [0.2, 0.25) is 5.91 Å². The molecule has 6 heteroatoms. The van der Waals surface area contributed by atoms with Crippen LogP contribution in [0, 0.1) is 0 Å². The van der Waals surface area contributed by atoms with Crippen molar-refractivity contribution < 1.29 is 4.79 Å². The van der Waals surface area contributed by atoms with Crippen molar-refractivity contribution in [1.29, 1.82) is 0 Å². The Labute approximate surface area is 124 Å². The number of likely N-dealkylation sites (N-methyl/N-ethyl adjacent to an activating group) is 1. The Balaban J connectivity index is 2.44. The zero-order valence-corrected chi connectivity index (χ0v) is 12.8. The second-order valence-corrected chi connectivity index (χ2v) is 5.40. The standard InChI is InChI=1S/C13H19Cl2N3O/c1-9(18(2)3)7-16-8-12(19)17-13-10(14)5-4-6-11(13)15/h4-6,9,16H,7-8H2,1-3H3,(H,17,19). The topological polar surface area (TPSA) is 44.4 Å². The van der Waals surface area contributed by atoms with Crippen molar-refractivity contribution in [2.24, 2.45) is 0 Å². The third kappa shape index (κ3) is 5.37. The van der Waals surface area contributed by atoms with Crippen molar-refractivity contribution in [2.45, 2.75) is 13.0 Å². The molecule has 0 saturated carbocycles. The van der Waals surface area contributed by atoms with Crippen LogP contribution in [0.25, 0.3) is 0 Å². The van der Waals surface area contributed by atoms with E-state index in [0.29, 0.717) is 21.8 Å². The number of benzene rings is 1. The van der Waals surface area contributed by atoms with E-state index in [9.17, 15) is 4.79 Å². The zero-order valence-electron chi connectivity index (χ0n) is 11.3. The maximum absolute atomic E-state index is 11.8. The SMILES string of the molecule is CC(CNCC(=O)Nc1c(Cl)cccc1Cl)N(C)C. The fourth-order valence-corrected chi connectivity index (χ4v) is 1.87. The summed E-state index contributed by atoms with van der Waals surface area (Å²) in [5.41, 5.74) is 0.457. The van der Waals surface area contributed by atoms with Gasteiger partial charge in [0.05, 0.1) is 22.3 Å². The van der Waals surface area contributed by atoms with E-state index in [2.05, 4.69) is 22.5 Å². The van der Waals surface area contributed by atoms with Crippen LogP contribution in [0.1, 0.15) is 6.92 Å². The number of rotatable bonds is 6. The second kappa shape index (κ2) is 7.70. The van der Waals surface area contributed by atoms with E-state index in [1.807, 2.05) is 14.1 Å². The van der Waals surface area contributed by atoms with Crippen LogP contribution in [0.5, 0.6) is 0 Å². The maximum Gasteiger partial charge on any atom is 0.238 e. The summed E-state index contributed by atoms with van der Waals surface area (Å²) in [5, 5.41) is 6.65. The van der Waals surface area contributed by atoms with E-state index in [1.165, 1.54) is 0 Å². The highest BCUT2D eigenvalue weighted by molar-refractivity contribution is 6.39. The number of para-hydroxylation sites is 1. The lowest BCUT2D eigenvalue weighted by atomic mass is 10.3. The van der Waals surface area contributed by atoms with Crippen molar-refractivity contribution in [2.75, 3.05) is 32.5 Å². The molecule has 0 radical (unpaired) electrons. The number of carbonyl (C=O) groups excluding carboxylic acids is 1. The average molecular weight is 304 g/mol. The molecule has 1 rings (SSSR count). The second-order valence-electron chi connectivity index (χ2n) is 4.59. The number of nitrogens with zero attached hydrogens (tertiary/aromatic N) is 1. The van der Waals surface area contributed by atoms with Crippen LogP contribution in [-0.4, -0.2) is 44.0 Å². The first-order valence-corrected chi connectivity index (χ1v) is 6.78. The van der Waals surface area contributed by atoms with Crippen molar-refractivity contribution in [3.05, 3.63) is 28.2 Å². The van der Waals surface area contributed by atoms with E-state index in [-0.39, 0.29) is 12.5 Å². The molecule has 1 aromatic carbocycles. The summed E-state index contributed by atoms with van der Waals surface area (Å²) in [7, 11) is 3.99. The summed E-state index contributed by atoms with van der Waals surface area (Å²) >= 11 is 11.9. The molecule has 0 aliphatic carbocycles. The van der Waals surface area contributed by atoms with Crippen LogP contribution in [-0.2, 0) is 4.79 Å². The largest absolute Gasteiger partial charge is 0.322 e. The minimum Gasteiger partial charge on any atom is -0.322 e. The molecule has 0 aliphatic rings. The fraction of sp³-hybridized carbons (Fsp3) is 0.462.